The minimum Gasteiger partial charge on any atom is -0.308 e. The van der Waals surface area contributed by atoms with Crippen molar-refractivity contribution in [3.05, 3.63) is 229 Å². The summed E-state index contributed by atoms with van der Waals surface area (Å²) in [6.45, 7) is 0. The molecule has 68 heavy (non-hydrogen) atoms. The zero-order chi connectivity index (χ0) is 45.7. The van der Waals surface area contributed by atoms with Gasteiger partial charge in [-0.25, -0.2) is 9.97 Å². The number of nitrogens with zero attached hydrogens (tertiary/aromatic N) is 7. The molecule has 4 heterocycles. The molecular weight excluding hydrogens is 831 g/mol. The lowest BCUT2D eigenvalue weighted by atomic mass is 9.97. The normalized spacial score (nSPS) is 11.2. The SMILES string of the molecule is N#Cc1cc(C#N)cc(-c2cc(-n3c4ccccc4c4c(-c5cccc(-c6ccccc6)n5)cccc43)c(C#N)c(-n3c4ccccc4c4c(-c5cccc(-c6ccccc6)n5)cccc43)c2)c1. The lowest BCUT2D eigenvalue weighted by molar-refractivity contribution is 1.12. The Bertz CT molecular complexity index is 3870. The second-order valence-electron chi connectivity index (χ2n) is 16.7. The lowest BCUT2D eigenvalue weighted by Crippen LogP contribution is -2.05. The van der Waals surface area contributed by atoms with Gasteiger partial charge in [0.25, 0.3) is 0 Å². The summed E-state index contributed by atoms with van der Waals surface area (Å²) in [7, 11) is 0. The molecule has 0 spiro atoms. The number of rotatable bonds is 7. The number of aromatic nitrogens is 4. The van der Waals surface area contributed by atoms with E-state index in [-0.39, 0.29) is 0 Å². The molecule has 0 unspecified atom stereocenters. The monoisotopic (exact) mass is 865 g/mol. The van der Waals surface area contributed by atoms with Gasteiger partial charge in [0.15, 0.2) is 0 Å². The minimum absolute atomic E-state index is 0.366. The molecule has 0 saturated carbocycles. The average Bonchev–Trinajstić information content (AvgIpc) is 3.94. The van der Waals surface area contributed by atoms with Crippen molar-refractivity contribution in [3.8, 4) is 85.7 Å². The van der Waals surface area contributed by atoms with Crippen LogP contribution in [-0.4, -0.2) is 19.1 Å². The Kier molecular flexibility index (Phi) is 9.51. The van der Waals surface area contributed by atoms with Gasteiger partial charge in [0.2, 0.25) is 0 Å². The fraction of sp³-hybridized carbons (Fsp3) is 0. The zero-order valence-corrected chi connectivity index (χ0v) is 36.3. The molecule has 0 N–H and O–H groups in total. The molecule has 0 bridgehead atoms. The van der Waals surface area contributed by atoms with Crippen LogP contribution >= 0.6 is 0 Å². The molecule has 0 aliphatic rings. The molecular formula is C61H35N7. The van der Waals surface area contributed by atoms with E-state index in [9.17, 15) is 15.8 Å². The standard InChI is InChI=1S/C61H35N7/c62-36-39-31-40(37-63)33-43(32-39)44-34-58(67-54-27-9-7-19-47(54)60-45(21-11-29-56(60)67)52-25-13-23-50(65-52)41-15-3-1-4-16-41)49(38-64)59(35-44)68-55-28-10-8-20-48(55)61-46(22-12-30-57(61)68)53-26-14-24-51(66-53)42-17-5-2-6-18-42/h1-35H. The van der Waals surface area contributed by atoms with E-state index >= 15 is 0 Å². The quantitative estimate of drug-likeness (QED) is 0.159. The maximum absolute atomic E-state index is 11.7. The smallest absolute Gasteiger partial charge is 0.104 e. The molecule has 0 atom stereocenters. The van der Waals surface area contributed by atoms with Gasteiger partial charge in [0.1, 0.15) is 11.6 Å². The van der Waals surface area contributed by atoms with Gasteiger partial charge in [-0.2, -0.15) is 15.8 Å². The highest BCUT2D eigenvalue weighted by Crippen LogP contribution is 2.44. The average molecular weight is 866 g/mol. The van der Waals surface area contributed by atoms with E-state index in [2.05, 4.69) is 100 Å². The summed E-state index contributed by atoms with van der Waals surface area (Å²) in [6.07, 6.45) is 0. The molecule has 0 saturated heterocycles. The van der Waals surface area contributed by atoms with Crippen LogP contribution in [0.3, 0.4) is 0 Å². The molecule has 7 heteroatoms. The molecule has 0 aliphatic heterocycles. The molecule has 0 amide bonds. The maximum atomic E-state index is 11.7. The summed E-state index contributed by atoms with van der Waals surface area (Å²) < 4.78 is 4.36. The Morgan fingerprint density at radius 3 is 1.18 bits per heavy atom. The van der Waals surface area contributed by atoms with Gasteiger partial charge in [-0.1, -0.05) is 133 Å². The van der Waals surface area contributed by atoms with Gasteiger partial charge in [-0.3, -0.25) is 0 Å². The van der Waals surface area contributed by atoms with E-state index in [0.29, 0.717) is 33.6 Å². The van der Waals surface area contributed by atoms with Crippen LogP contribution in [0.2, 0.25) is 0 Å². The minimum atomic E-state index is 0.366. The third kappa shape index (κ3) is 6.49. The van der Waals surface area contributed by atoms with E-state index in [0.717, 1.165) is 94.2 Å². The second-order valence-corrected chi connectivity index (χ2v) is 16.7. The number of para-hydroxylation sites is 2. The van der Waals surface area contributed by atoms with E-state index in [1.165, 1.54) is 0 Å². The van der Waals surface area contributed by atoms with E-state index in [1.807, 2.05) is 121 Å². The number of pyridine rings is 2. The van der Waals surface area contributed by atoms with Crippen molar-refractivity contribution >= 4 is 43.6 Å². The third-order valence-electron chi connectivity index (χ3n) is 12.8. The Hall–Kier alpha value is -9.87. The fourth-order valence-electron chi connectivity index (χ4n) is 9.86. The lowest BCUT2D eigenvalue weighted by Gasteiger charge is -2.19. The molecule has 0 fully saturated rings. The largest absolute Gasteiger partial charge is 0.308 e. The number of fused-ring (bicyclic) bond motifs is 6. The van der Waals surface area contributed by atoms with E-state index in [4.69, 9.17) is 9.97 Å². The molecule has 8 aromatic carbocycles. The van der Waals surface area contributed by atoms with E-state index in [1.54, 1.807) is 18.2 Å². The number of benzene rings is 8. The molecule has 0 radical (unpaired) electrons. The predicted molar refractivity (Wildman–Crippen MR) is 272 cm³/mol. The predicted octanol–water partition coefficient (Wildman–Crippen LogP) is 14.6. The van der Waals surface area contributed by atoms with Gasteiger partial charge >= 0.3 is 0 Å². The number of hydrogen-bond acceptors (Lipinski definition) is 5. The van der Waals surface area contributed by atoms with Crippen molar-refractivity contribution < 1.29 is 0 Å². The first-order valence-corrected chi connectivity index (χ1v) is 22.2. The van der Waals surface area contributed by atoms with Crippen LogP contribution in [0.1, 0.15) is 16.7 Å². The summed E-state index contributed by atoms with van der Waals surface area (Å²) in [4.78, 5) is 10.4. The Balaban J connectivity index is 1.16. The van der Waals surface area contributed by atoms with Crippen LogP contribution < -0.4 is 0 Å². The zero-order valence-electron chi connectivity index (χ0n) is 36.3. The first kappa shape index (κ1) is 39.7. The Labute approximate surface area is 391 Å². The van der Waals surface area contributed by atoms with Gasteiger partial charge in [-0.05, 0) is 90.0 Å². The first-order chi connectivity index (χ1) is 33.6. The van der Waals surface area contributed by atoms with Gasteiger partial charge in [-0.15, -0.1) is 0 Å². The van der Waals surface area contributed by atoms with Crippen LogP contribution in [0.5, 0.6) is 0 Å². The summed E-state index contributed by atoms with van der Waals surface area (Å²) >= 11 is 0. The Morgan fingerprint density at radius 1 is 0.324 bits per heavy atom. The van der Waals surface area contributed by atoms with Crippen molar-refractivity contribution in [2.75, 3.05) is 0 Å². The number of nitriles is 3. The summed E-state index contributed by atoms with van der Waals surface area (Å²) in [5.74, 6) is 0. The van der Waals surface area contributed by atoms with Crippen molar-refractivity contribution in [1.82, 2.24) is 19.1 Å². The van der Waals surface area contributed by atoms with Crippen LogP contribution in [0.4, 0.5) is 0 Å². The van der Waals surface area contributed by atoms with Gasteiger partial charge < -0.3 is 9.13 Å². The molecule has 12 aromatic rings. The summed E-state index contributed by atoms with van der Waals surface area (Å²) in [6, 6.07) is 78.1. The highest BCUT2D eigenvalue weighted by molar-refractivity contribution is 6.17. The second kappa shape index (κ2) is 16.3. The van der Waals surface area contributed by atoms with Gasteiger partial charge in [0.05, 0.1) is 79.5 Å². The van der Waals surface area contributed by atoms with Crippen molar-refractivity contribution in [3.63, 3.8) is 0 Å². The highest BCUT2D eigenvalue weighted by atomic mass is 15.0. The topological polar surface area (TPSA) is 107 Å². The molecule has 7 nitrogen and oxygen atoms in total. The van der Waals surface area contributed by atoms with Crippen LogP contribution in [0.15, 0.2) is 212 Å². The first-order valence-electron chi connectivity index (χ1n) is 22.2. The number of hydrogen-bond donors (Lipinski definition) is 0. The molecule has 314 valence electrons. The van der Waals surface area contributed by atoms with Crippen molar-refractivity contribution in [1.29, 1.82) is 15.8 Å². The molecule has 0 aliphatic carbocycles. The van der Waals surface area contributed by atoms with Gasteiger partial charge in [0, 0.05) is 43.8 Å². The molecule has 12 rings (SSSR count). The van der Waals surface area contributed by atoms with Crippen LogP contribution in [0.25, 0.3) is 111 Å². The van der Waals surface area contributed by atoms with Crippen molar-refractivity contribution in [2.45, 2.75) is 0 Å². The maximum Gasteiger partial charge on any atom is 0.104 e. The van der Waals surface area contributed by atoms with Crippen LogP contribution in [0, 0.1) is 34.0 Å². The third-order valence-corrected chi connectivity index (χ3v) is 12.8. The van der Waals surface area contributed by atoms with Crippen molar-refractivity contribution in [2.24, 2.45) is 0 Å². The Morgan fingerprint density at radius 2 is 0.721 bits per heavy atom. The summed E-state index contributed by atoms with van der Waals surface area (Å²) in [5, 5.41) is 36.0. The summed E-state index contributed by atoms with van der Waals surface area (Å²) in [5.41, 5.74) is 14.9. The molecule has 4 aromatic heterocycles. The van der Waals surface area contributed by atoms with E-state index < -0.39 is 0 Å². The van der Waals surface area contributed by atoms with Crippen LogP contribution in [-0.2, 0) is 0 Å². The highest BCUT2D eigenvalue weighted by Gasteiger charge is 2.25. The fourth-order valence-corrected chi connectivity index (χ4v) is 9.86.